The van der Waals surface area contributed by atoms with Gasteiger partial charge in [0.1, 0.15) is 0 Å². The number of aromatic amines is 1. The number of fused-ring (bicyclic) bond motifs is 3. The van der Waals surface area contributed by atoms with E-state index in [0.29, 0.717) is 52.4 Å². The first kappa shape index (κ1) is 21.7. The standard InChI is InChI=1S/C22H23N5O5S/c1-11-9-15(33(30,31)26-5-7-32-8-6-26)10-16-18-17(12(2)23-19(11)16)21(28)27(22(18)29)20-13(3)24-25-14(20)4/h9-10H,5-8H2,1-4H3,(H,24,25). The van der Waals surface area contributed by atoms with Crippen LogP contribution < -0.4 is 4.90 Å². The number of carbonyl (C=O) groups is 2. The molecule has 0 spiro atoms. The van der Waals surface area contributed by atoms with Gasteiger partial charge in [0, 0.05) is 18.5 Å². The van der Waals surface area contributed by atoms with E-state index >= 15 is 0 Å². The van der Waals surface area contributed by atoms with Gasteiger partial charge in [-0.25, -0.2) is 13.3 Å². The number of morpholine rings is 1. The molecule has 5 rings (SSSR count). The largest absolute Gasteiger partial charge is 0.379 e. The van der Waals surface area contributed by atoms with Crippen molar-refractivity contribution in [1.82, 2.24) is 19.5 Å². The summed E-state index contributed by atoms with van der Waals surface area (Å²) in [6.45, 7) is 8.05. The number of hydrogen-bond acceptors (Lipinski definition) is 7. The van der Waals surface area contributed by atoms with Crippen LogP contribution in [-0.4, -0.2) is 66.0 Å². The average Bonchev–Trinajstić information content (AvgIpc) is 3.24. The van der Waals surface area contributed by atoms with Crippen molar-refractivity contribution in [1.29, 1.82) is 0 Å². The van der Waals surface area contributed by atoms with Crippen molar-refractivity contribution in [3.8, 4) is 0 Å². The predicted molar refractivity (Wildman–Crippen MR) is 120 cm³/mol. The minimum absolute atomic E-state index is 0.0663. The number of amides is 2. The highest BCUT2D eigenvalue weighted by molar-refractivity contribution is 7.89. The summed E-state index contributed by atoms with van der Waals surface area (Å²) in [6.07, 6.45) is 0. The Labute approximate surface area is 190 Å². The van der Waals surface area contributed by atoms with Crippen LogP contribution in [-0.2, 0) is 14.8 Å². The third kappa shape index (κ3) is 3.10. The summed E-state index contributed by atoms with van der Waals surface area (Å²) in [5.74, 6) is -1.01. The first-order chi connectivity index (χ1) is 15.6. The van der Waals surface area contributed by atoms with Crippen molar-refractivity contribution in [2.45, 2.75) is 32.6 Å². The Morgan fingerprint density at radius 3 is 2.27 bits per heavy atom. The molecule has 2 aliphatic rings. The van der Waals surface area contributed by atoms with Crippen molar-refractivity contribution in [2.24, 2.45) is 0 Å². The first-order valence-electron chi connectivity index (χ1n) is 10.6. The maximum absolute atomic E-state index is 13.6. The number of anilines is 1. The van der Waals surface area contributed by atoms with Crippen LogP contribution in [0.1, 0.15) is 43.4 Å². The summed E-state index contributed by atoms with van der Waals surface area (Å²) in [7, 11) is -3.80. The van der Waals surface area contributed by atoms with Gasteiger partial charge < -0.3 is 4.74 Å². The summed E-state index contributed by atoms with van der Waals surface area (Å²) < 4.78 is 33.3. The number of carbonyl (C=O) groups excluding carboxylic acids is 2. The van der Waals surface area contributed by atoms with Gasteiger partial charge in [0.25, 0.3) is 11.8 Å². The van der Waals surface area contributed by atoms with E-state index in [1.54, 1.807) is 33.8 Å². The fraction of sp³-hybridized carbons (Fsp3) is 0.364. The molecule has 2 aromatic heterocycles. The van der Waals surface area contributed by atoms with E-state index in [-0.39, 0.29) is 29.1 Å². The molecular formula is C22H23N5O5S. The number of ether oxygens (including phenoxy) is 1. The molecule has 1 aromatic carbocycles. The number of nitrogens with zero attached hydrogens (tertiary/aromatic N) is 4. The molecule has 10 nitrogen and oxygen atoms in total. The Morgan fingerprint density at radius 1 is 0.970 bits per heavy atom. The number of nitrogens with one attached hydrogen (secondary N) is 1. The summed E-state index contributed by atoms with van der Waals surface area (Å²) in [4.78, 5) is 32.7. The Hall–Kier alpha value is -3.15. The molecule has 0 radical (unpaired) electrons. The normalized spacial score (nSPS) is 17.3. The third-order valence-electron chi connectivity index (χ3n) is 6.19. The zero-order chi connectivity index (χ0) is 23.7. The maximum Gasteiger partial charge on any atom is 0.268 e. The number of benzene rings is 1. The van der Waals surface area contributed by atoms with Crippen molar-refractivity contribution in [2.75, 3.05) is 31.2 Å². The van der Waals surface area contributed by atoms with E-state index in [1.165, 1.54) is 10.4 Å². The fourth-order valence-corrected chi connectivity index (χ4v) is 6.11. The van der Waals surface area contributed by atoms with Gasteiger partial charge in [0.2, 0.25) is 10.0 Å². The fourth-order valence-electron chi connectivity index (χ4n) is 4.59. The number of H-pyrrole nitrogens is 1. The molecule has 0 saturated carbocycles. The highest BCUT2D eigenvalue weighted by Crippen LogP contribution is 2.38. The topological polar surface area (TPSA) is 126 Å². The van der Waals surface area contributed by atoms with Crippen LogP contribution in [0, 0.1) is 27.7 Å². The summed E-state index contributed by atoms with van der Waals surface area (Å²) in [6, 6.07) is 3.03. The molecule has 0 bridgehead atoms. The van der Waals surface area contributed by atoms with Crippen molar-refractivity contribution in [3.05, 3.63) is 45.9 Å². The lowest BCUT2D eigenvalue weighted by molar-refractivity contribution is 0.0730. The van der Waals surface area contributed by atoms with E-state index in [0.717, 1.165) is 4.90 Å². The number of rotatable bonds is 3. The molecule has 0 atom stereocenters. The summed E-state index contributed by atoms with van der Waals surface area (Å²) in [5, 5.41) is 7.26. The number of aryl methyl sites for hydroxylation is 4. The predicted octanol–water partition coefficient (Wildman–Crippen LogP) is 2.01. The molecule has 3 aromatic rings. The molecule has 4 heterocycles. The molecule has 0 aliphatic carbocycles. The molecule has 172 valence electrons. The van der Waals surface area contributed by atoms with Crippen LogP contribution in [0.25, 0.3) is 10.9 Å². The third-order valence-corrected chi connectivity index (χ3v) is 8.07. The van der Waals surface area contributed by atoms with Gasteiger partial charge in [-0.15, -0.1) is 0 Å². The average molecular weight is 470 g/mol. The second kappa shape index (κ2) is 7.44. The van der Waals surface area contributed by atoms with Gasteiger partial charge in [-0.2, -0.15) is 9.40 Å². The summed E-state index contributed by atoms with van der Waals surface area (Å²) in [5.41, 5.74) is 3.40. The first-order valence-corrected chi connectivity index (χ1v) is 12.0. The Kier molecular flexibility index (Phi) is 4.89. The van der Waals surface area contributed by atoms with E-state index in [4.69, 9.17) is 4.74 Å². The lowest BCUT2D eigenvalue weighted by atomic mass is 10.0. The van der Waals surface area contributed by atoms with E-state index in [1.807, 2.05) is 0 Å². The van der Waals surface area contributed by atoms with Crippen LogP contribution >= 0.6 is 0 Å². The molecule has 11 heteroatoms. The highest BCUT2D eigenvalue weighted by atomic mass is 32.2. The Bertz CT molecular complexity index is 1430. The Morgan fingerprint density at radius 2 is 1.64 bits per heavy atom. The van der Waals surface area contributed by atoms with Crippen molar-refractivity contribution >= 4 is 38.4 Å². The highest BCUT2D eigenvalue weighted by Gasteiger charge is 2.42. The van der Waals surface area contributed by atoms with E-state index in [9.17, 15) is 18.0 Å². The number of pyridine rings is 1. The van der Waals surface area contributed by atoms with Gasteiger partial charge >= 0.3 is 0 Å². The van der Waals surface area contributed by atoms with E-state index < -0.39 is 21.8 Å². The molecule has 1 saturated heterocycles. The van der Waals surface area contributed by atoms with Crippen LogP contribution in [0.2, 0.25) is 0 Å². The van der Waals surface area contributed by atoms with Gasteiger partial charge in [0.05, 0.1) is 57.5 Å². The Balaban J connectivity index is 1.74. The van der Waals surface area contributed by atoms with Gasteiger partial charge in [-0.05, 0) is 45.4 Å². The second-order valence-corrected chi connectivity index (χ2v) is 10.3. The molecule has 33 heavy (non-hydrogen) atoms. The number of hydrogen-bond donors (Lipinski definition) is 1. The zero-order valence-corrected chi connectivity index (χ0v) is 19.5. The quantitative estimate of drug-likeness (QED) is 0.582. The maximum atomic E-state index is 13.6. The van der Waals surface area contributed by atoms with Gasteiger partial charge in [0.15, 0.2) is 0 Å². The number of aromatic nitrogens is 3. The van der Waals surface area contributed by atoms with Crippen LogP contribution in [0.15, 0.2) is 17.0 Å². The lowest BCUT2D eigenvalue weighted by Gasteiger charge is -2.26. The molecule has 0 unspecified atom stereocenters. The van der Waals surface area contributed by atoms with Crippen molar-refractivity contribution in [3.63, 3.8) is 0 Å². The van der Waals surface area contributed by atoms with Crippen LogP contribution in [0.4, 0.5) is 5.69 Å². The van der Waals surface area contributed by atoms with Gasteiger partial charge in [-0.3, -0.25) is 19.7 Å². The monoisotopic (exact) mass is 469 g/mol. The zero-order valence-electron chi connectivity index (χ0n) is 18.7. The lowest BCUT2D eigenvalue weighted by Crippen LogP contribution is -2.40. The summed E-state index contributed by atoms with van der Waals surface area (Å²) >= 11 is 0. The van der Waals surface area contributed by atoms with Crippen LogP contribution in [0.3, 0.4) is 0 Å². The van der Waals surface area contributed by atoms with Crippen LogP contribution in [0.5, 0.6) is 0 Å². The molecule has 2 aliphatic heterocycles. The van der Waals surface area contributed by atoms with Gasteiger partial charge in [-0.1, -0.05) is 0 Å². The molecule has 1 N–H and O–H groups in total. The minimum Gasteiger partial charge on any atom is -0.379 e. The smallest absolute Gasteiger partial charge is 0.268 e. The van der Waals surface area contributed by atoms with E-state index in [2.05, 4.69) is 15.2 Å². The molecular weight excluding hydrogens is 446 g/mol. The number of imide groups is 1. The number of sulfonamides is 1. The molecule has 2 amide bonds. The van der Waals surface area contributed by atoms with Crippen molar-refractivity contribution < 1.29 is 22.7 Å². The molecule has 1 fully saturated rings. The minimum atomic E-state index is -3.80. The second-order valence-electron chi connectivity index (χ2n) is 8.33. The SMILES string of the molecule is Cc1nc2c(C)cc(S(=O)(=O)N3CCOCC3)cc2c2c1C(=O)N(c1c(C)n[nH]c1C)C2=O.